The number of piperazine rings is 1. The molecule has 0 amide bonds. The third kappa shape index (κ3) is 3.42. The van der Waals surface area contributed by atoms with Crippen LogP contribution in [0.2, 0.25) is 0 Å². The lowest BCUT2D eigenvalue weighted by molar-refractivity contribution is 0.246. The van der Waals surface area contributed by atoms with E-state index in [4.69, 9.17) is 0 Å². The number of para-hydroxylation sites is 1. The summed E-state index contributed by atoms with van der Waals surface area (Å²) >= 11 is 0. The molecule has 2 nitrogen and oxygen atoms in total. The molecule has 1 heterocycles. The summed E-state index contributed by atoms with van der Waals surface area (Å²) in [5.74, 6) is 0. The van der Waals surface area contributed by atoms with Gasteiger partial charge in [0.15, 0.2) is 0 Å². The lowest BCUT2D eigenvalue weighted by Crippen LogP contribution is -2.64. The molecule has 1 atom stereocenters. The second-order valence-electron chi connectivity index (χ2n) is 6.44. The zero-order chi connectivity index (χ0) is 15.3. The van der Waals surface area contributed by atoms with Crippen molar-refractivity contribution >= 4 is 5.69 Å². The number of nitrogens with one attached hydrogen (secondary N) is 1. The largest absolute Gasteiger partial charge is 0.365 e. The van der Waals surface area contributed by atoms with Crippen molar-refractivity contribution in [3.63, 3.8) is 0 Å². The van der Waals surface area contributed by atoms with Gasteiger partial charge in [0.1, 0.15) is 0 Å². The van der Waals surface area contributed by atoms with Crippen molar-refractivity contribution < 1.29 is 0 Å². The average Bonchev–Trinajstić information content (AvgIpc) is 2.55. The molecule has 0 aliphatic carbocycles. The quantitative estimate of drug-likeness (QED) is 0.835. The molecule has 1 aliphatic heterocycles. The molecule has 0 bridgehead atoms. The summed E-state index contributed by atoms with van der Waals surface area (Å²) in [4.78, 5) is 2.69. The number of rotatable bonds is 6. The van der Waals surface area contributed by atoms with E-state index in [-0.39, 0.29) is 5.54 Å². The first-order chi connectivity index (χ1) is 10.2. The Balaban J connectivity index is 2.33. The van der Waals surface area contributed by atoms with Crippen molar-refractivity contribution in [3.8, 4) is 0 Å². The first-order valence-electron chi connectivity index (χ1n) is 8.79. The molecule has 0 saturated carbocycles. The summed E-state index contributed by atoms with van der Waals surface area (Å²) in [5, 5.41) is 3.84. The Labute approximate surface area is 130 Å². The second kappa shape index (κ2) is 7.31. The summed E-state index contributed by atoms with van der Waals surface area (Å²) in [6, 6.07) is 9.64. The Bertz CT molecular complexity index is 437. The van der Waals surface area contributed by atoms with Gasteiger partial charge in [0.05, 0.1) is 0 Å². The number of hydrogen-bond acceptors (Lipinski definition) is 2. The van der Waals surface area contributed by atoms with Crippen LogP contribution >= 0.6 is 0 Å². The maximum Gasteiger partial charge on any atom is 0.0413 e. The SMILES string of the molecule is CCCc1ccccc1N1CC(CC)(CC)NCC1CC. The molecule has 1 aliphatic rings. The number of benzene rings is 1. The monoisotopic (exact) mass is 288 g/mol. The van der Waals surface area contributed by atoms with Crippen LogP contribution < -0.4 is 10.2 Å². The molecule has 1 fully saturated rings. The van der Waals surface area contributed by atoms with Crippen LogP contribution in [0.3, 0.4) is 0 Å². The van der Waals surface area contributed by atoms with E-state index >= 15 is 0 Å². The van der Waals surface area contributed by atoms with Crippen molar-refractivity contribution in [3.05, 3.63) is 29.8 Å². The molecule has 0 radical (unpaired) electrons. The first-order valence-corrected chi connectivity index (χ1v) is 8.79. The van der Waals surface area contributed by atoms with E-state index in [1.54, 1.807) is 0 Å². The lowest BCUT2D eigenvalue weighted by Gasteiger charge is -2.49. The van der Waals surface area contributed by atoms with Crippen molar-refractivity contribution in [2.75, 3.05) is 18.0 Å². The molecule has 0 spiro atoms. The predicted octanol–water partition coefficient (Wildman–Crippen LogP) is 4.39. The summed E-state index contributed by atoms with van der Waals surface area (Å²) in [5.41, 5.74) is 3.27. The fraction of sp³-hybridized carbons (Fsp3) is 0.684. The van der Waals surface area contributed by atoms with E-state index in [1.165, 1.54) is 43.4 Å². The van der Waals surface area contributed by atoms with E-state index in [0.29, 0.717) is 6.04 Å². The molecular weight excluding hydrogens is 256 g/mol. The third-order valence-corrected chi connectivity index (χ3v) is 5.27. The summed E-state index contributed by atoms with van der Waals surface area (Å²) in [7, 11) is 0. The molecule has 21 heavy (non-hydrogen) atoms. The lowest BCUT2D eigenvalue weighted by atomic mass is 9.87. The van der Waals surface area contributed by atoms with Gasteiger partial charge in [-0.15, -0.1) is 0 Å². The highest BCUT2D eigenvalue weighted by Gasteiger charge is 2.36. The molecule has 1 N–H and O–H groups in total. The Morgan fingerprint density at radius 2 is 1.86 bits per heavy atom. The number of nitrogens with zero attached hydrogens (tertiary/aromatic N) is 1. The molecule has 2 rings (SSSR count). The van der Waals surface area contributed by atoms with E-state index < -0.39 is 0 Å². The molecule has 0 aromatic heterocycles. The van der Waals surface area contributed by atoms with Gasteiger partial charge in [0, 0.05) is 30.4 Å². The number of anilines is 1. The maximum absolute atomic E-state index is 3.84. The Morgan fingerprint density at radius 3 is 2.48 bits per heavy atom. The van der Waals surface area contributed by atoms with Gasteiger partial charge >= 0.3 is 0 Å². The van der Waals surface area contributed by atoms with Gasteiger partial charge in [-0.25, -0.2) is 0 Å². The average molecular weight is 288 g/mol. The summed E-state index contributed by atoms with van der Waals surface area (Å²) in [6.45, 7) is 11.5. The summed E-state index contributed by atoms with van der Waals surface area (Å²) < 4.78 is 0. The minimum Gasteiger partial charge on any atom is -0.365 e. The van der Waals surface area contributed by atoms with Crippen molar-refractivity contribution in [1.82, 2.24) is 5.32 Å². The highest BCUT2D eigenvalue weighted by Crippen LogP contribution is 2.31. The molecule has 1 aromatic carbocycles. The van der Waals surface area contributed by atoms with E-state index in [9.17, 15) is 0 Å². The van der Waals surface area contributed by atoms with Gasteiger partial charge in [-0.2, -0.15) is 0 Å². The second-order valence-corrected chi connectivity index (χ2v) is 6.44. The number of hydrogen-bond donors (Lipinski definition) is 1. The maximum atomic E-state index is 3.84. The highest BCUT2D eigenvalue weighted by atomic mass is 15.3. The predicted molar refractivity (Wildman–Crippen MR) is 93.2 cm³/mol. The van der Waals surface area contributed by atoms with Gasteiger partial charge in [0.2, 0.25) is 0 Å². The van der Waals surface area contributed by atoms with Gasteiger partial charge in [-0.1, -0.05) is 52.3 Å². The van der Waals surface area contributed by atoms with Crippen molar-refractivity contribution in [2.45, 2.75) is 71.4 Å². The molecule has 1 aromatic rings. The van der Waals surface area contributed by atoms with Crippen LogP contribution in [0.4, 0.5) is 5.69 Å². The Morgan fingerprint density at radius 1 is 1.14 bits per heavy atom. The van der Waals surface area contributed by atoms with Crippen LogP contribution in [-0.2, 0) is 6.42 Å². The van der Waals surface area contributed by atoms with E-state index in [0.717, 1.165) is 13.1 Å². The molecule has 1 unspecified atom stereocenters. The molecule has 2 heteroatoms. The fourth-order valence-corrected chi connectivity index (χ4v) is 3.60. The van der Waals surface area contributed by atoms with Crippen LogP contribution in [-0.4, -0.2) is 24.7 Å². The smallest absolute Gasteiger partial charge is 0.0413 e. The van der Waals surface area contributed by atoms with Crippen LogP contribution in [0.15, 0.2) is 24.3 Å². The minimum atomic E-state index is 0.283. The molecule has 1 saturated heterocycles. The molecular formula is C19H32N2. The topological polar surface area (TPSA) is 15.3 Å². The van der Waals surface area contributed by atoms with Crippen LogP contribution in [0.1, 0.15) is 58.9 Å². The van der Waals surface area contributed by atoms with Gasteiger partial charge in [-0.05, 0) is 37.3 Å². The van der Waals surface area contributed by atoms with Gasteiger partial charge < -0.3 is 10.2 Å². The first kappa shape index (κ1) is 16.4. The Kier molecular flexibility index (Phi) is 5.69. The van der Waals surface area contributed by atoms with Crippen molar-refractivity contribution in [1.29, 1.82) is 0 Å². The van der Waals surface area contributed by atoms with Crippen LogP contribution in [0.5, 0.6) is 0 Å². The summed E-state index contributed by atoms with van der Waals surface area (Å²) in [6.07, 6.45) is 6.00. The standard InChI is InChI=1S/C19H32N2/c1-5-11-16-12-9-10-13-18(16)21-15-19(7-3,8-4)20-14-17(21)6-2/h9-10,12-13,17,20H,5-8,11,14-15H2,1-4H3. The number of aryl methyl sites for hydroxylation is 1. The minimum absolute atomic E-state index is 0.283. The fourth-order valence-electron chi connectivity index (χ4n) is 3.60. The zero-order valence-corrected chi connectivity index (χ0v) is 14.3. The van der Waals surface area contributed by atoms with E-state index in [2.05, 4.69) is 62.2 Å². The molecule has 118 valence electrons. The van der Waals surface area contributed by atoms with Crippen LogP contribution in [0.25, 0.3) is 0 Å². The van der Waals surface area contributed by atoms with Crippen molar-refractivity contribution in [2.24, 2.45) is 0 Å². The van der Waals surface area contributed by atoms with Gasteiger partial charge in [0.25, 0.3) is 0 Å². The highest BCUT2D eigenvalue weighted by molar-refractivity contribution is 5.55. The van der Waals surface area contributed by atoms with Gasteiger partial charge in [-0.3, -0.25) is 0 Å². The zero-order valence-electron chi connectivity index (χ0n) is 14.3. The van der Waals surface area contributed by atoms with Crippen LogP contribution in [0, 0.1) is 0 Å². The van der Waals surface area contributed by atoms with E-state index in [1.807, 2.05) is 0 Å². The third-order valence-electron chi connectivity index (χ3n) is 5.27. The normalized spacial score (nSPS) is 21.5. The Hall–Kier alpha value is -1.02.